The highest BCUT2D eigenvalue weighted by Crippen LogP contribution is 2.09. The van der Waals surface area contributed by atoms with Crippen molar-refractivity contribution in [3.05, 3.63) is 60.2 Å². The van der Waals surface area contributed by atoms with Gasteiger partial charge < -0.3 is 4.90 Å². The van der Waals surface area contributed by atoms with Crippen LogP contribution in [0.25, 0.3) is 0 Å². The molecule has 0 saturated carbocycles. The topological polar surface area (TPSA) is 49.3 Å². The number of pyridine rings is 2. The molecule has 0 N–H and O–H groups in total. The molecule has 0 atom stereocenters. The molecule has 23 heavy (non-hydrogen) atoms. The Kier molecular flexibility index (Phi) is 5.32. The van der Waals surface area contributed by atoms with Gasteiger partial charge in [0.1, 0.15) is 0 Å². The Hall–Kier alpha value is -2.27. The third-order valence-electron chi connectivity index (χ3n) is 4.13. The van der Waals surface area contributed by atoms with Crippen LogP contribution in [0.15, 0.2) is 48.9 Å². The Balaban J connectivity index is 1.53. The summed E-state index contributed by atoms with van der Waals surface area (Å²) in [5.41, 5.74) is 2.06. The maximum Gasteiger partial charge on any atom is 0.228 e. The second-order valence-corrected chi connectivity index (χ2v) is 5.87. The predicted molar refractivity (Wildman–Crippen MR) is 88.7 cm³/mol. The molecule has 2 aromatic heterocycles. The van der Waals surface area contributed by atoms with Crippen LogP contribution in [0.3, 0.4) is 0 Å². The van der Waals surface area contributed by atoms with E-state index in [2.05, 4.69) is 20.9 Å². The molecule has 1 aliphatic rings. The fraction of sp³-hybridized carbons (Fsp3) is 0.389. The molecule has 1 saturated heterocycles. The van der Waals surface area contributed by atoms with E-state index in [1.807, 2.05) is 35.4 Å². The number of rotatable bonds is 4. The molecule has 5 heteroatoms. The molecule has 0 radical (unpaired) electrons. The van der Waals surface area contributed by atoms with E-state index in [9.17, 15) is 4.79 Å². The number of carbonyl (C=O) groups excluding carboxylic acids is 1. The van der Waals surface area contributed by atoms with Gasteiger partial charge in [-0.1, -0.05) is 12.1 Å². The Bertz CT molecular complexity index is 617. The summed E-state index contributed by atoms with van der Waals surface area (Å²) < 4.78 is 0. The summed E-state index contributed by atoms with van der Waals surface area (Å²) in [6.07, 6.45) is 6.84. The van der Waals surface area contributed by atoms with E-state index in [0.29, 0.717) is 6.42 Å². The minimum absolute atomic E-state index is 0.173. The number of aromatic nitrogens is 2. The van der Waals surface area contributed by atoms with Crippen LogP contribution in [-0.2, 0) is 17.8 Å². The van der Waals surface area contributed by atoms with Crippen molar-refractivity contribution in [1.29, 1.82) is 0 Å². The summed E-state index contributed by atoms with van der Waals surface area (Å²) in [6.45, 7) is 4.43. The summed E-state index contributed by atoms with van der Waals surface area (Å²) in [7, 11) is 0. The number of nitrogens with zero attached hydrogens (tertiary/aromatic N) is 4. The van der Waals surface area contributed by atoms with Crippen LogP contribution in [0.5, 0.6) is 0 Å². The summed E-state index contributed by atoms with van der Waals surface area (Å²) in [5, 5.41) is 0. The van der Waals surface area contributed by atoms with Crippen molar-refractivity contribution in [1.82, 2.24) is 19.8 Å². The fourth-order valence-corrected chi connectivity index (χ4v) is 2.90. The van der Waals surface area contributed by atoms with E-state index in [0.717, 1.165) is 44.8 Å². The van der Waals surface area contributed by atoms with E-state index in [4.69, 9.17) is 0 Å². The fourth-order valence-electron chi connectivity index (χ4n) is 2.90. The maximum atomic E-state index is 12.4. The highest BCUT2D eigenvalue weighted by molar-refractivity contribution is 5.78. The molecule has 1 fully saturated rings. The van der Waals surface area contributed by atoms with Crippen molar-refractivity contribution >= 4 is 5.91 Å². The number of carbonyl (C=O) groups is 1. The summed E-state index contributed by atoms with van der Waals surface area (Å²) in [5.74, 6) is 0.173. The predicted octanol–water partition coefficient (Wildman–Crippen LogP) is 1.75. The molecule has 0 aromatic carbocycles. The van der Waals surface area contributed by atoms with Gasteiger partial charge in [-0.3, -0.25) is 19.7 Å². The van der Waals surface area contributed by atoms with Crippen molar-refractivity contribution in [2.45, 2.75) is 19.4 Å². The standard InChI is InChI=1S/C18H22N4O/c23-18(13-17-6-1-2-8-20-17)22-10-4-9-21(11-12-22)15-16-5-3-7-19-14-16/h1-3,5-8,14H,4,9-13,15H2. The lowest BCUT2D eigenvalue weighted by Gasteiger charge is -2.22. The first-order chi connectivity index (χ1) is 11.3. The van der Waals surface area contributed by atoms with E-state index in [1.165, 1.54) is 5.56 Å². The van der Waals surface area contributed by atoms with Gasteiger partial charge in [0.15, 0.2) is 0 Å². The first-order valence-corrected chi connectivity index (χ1v) is 8.10. The zero-order valence-electron chi connectivity index (χ0n) is 13.3. The lowest BCUT2D eigenvalue weighted by molar-refractivity contribution is -0.130. The number of hydrogen-bond donors (Lipinski definition) is 0. The monoisotopic (exact) mass is 310 g/mol. The van der Waals surface area contributed by atoms with Gasteiger partial charge in [-0.25, -0.2) is 0 Å². The van der Waals surface area contributed by atoms with Crippen LogP contribution in [0, 0.1) is 0 Å². The highest BCUT2D eigenvalue weighted by Gasteiger charge is 2.19. The quantitative estimate of drug-likeness (QED) is 0.863. The molecule has 120 valence electrons. The van der Waals surface area contributed by atoms with Gasteiger partial charge in [0.25, 0.3) is 0 Å². The molecule has 0 spiro atoms. The van der Waals surface area contributed by atoms with E-state index < -0.39 is 0 Å². The van der Waals surface area contributed by atoms with Crippen LogP contribution in [0.1, 0.15) is 17.7 Å². The normalized spacial score (nSPS) is 16.1. The van der Waals surface area contributed by atoms with E-state index in [-0.39, 0.29) is 5.91 Å². The summed E-state index contributed by atoms with van der Waals surface area (Å²) >= 11 is 0. The van der Waals surface area contributed by atoms with Gasteiger partial charge >= 0.3 is 0 Å². The van der Waals surface area contributed by atoms with Gasteiger partial charge in [0.2, 0.25) is 5.91 Å². The Labute approximate surface area is 137 Å². The van der Waals surface area contributed by atoms with Crippen molar-refractivity contribution in [3.63, 3.8) is 0 Å². The van der Waals surface area contributed by atoms with Crippen LogP contribution in [0.2, 0.25) is 0 Å². The minimum atomic E-state index is 0.173. The Morgan fingerprint density at radius 1 is 1.04 bits per heavy atom. The van der Waals surface area contributed by atoms with E-state index in [1.54, 1.807) is 12.4 Å². The molecular weight excluding hydrogens is 288 g/mol. The zero-order chi connectivity index (χ0) is 15.9. The zero-order valence-corrected chi connectivity index (χ0v) is 13.3. The first kappa shape index (κ1) is 15.6. The summed E-state index contributed by atoms with van der Waals surface area (Å²) in [6, 6.07) is 9.77. The molecule has 1 aliphatic heterocycles. The third-order valence-corrected chi connectivity index (χ3v) is 4.13. The molecular formula is C18H22N4O. The molecule has 5 nitrogen and oxygen atoms in total. The first-order valence-electron chi connectivity index (χ1n) is 8.10. The van der Waals surface area contributed by atoms with Gasteiger partial charge in [0, 0.05) is 57.0 Å². The number of amides is 1. The molecule has 3 heterocycles. The van der Waals surface area contributed by atoms with Crippen molar-refractivity contribution < 1.29 is 4.79 Å². The van der Waals surface area contributed by atoms with Crippen LogP contribution in [-0.4, -0.2) is 51.9 Å². The lowest BCUT2D eigenvalue weighted by Crippen LogP contribution is -2.36. The molecule has 3 rings (SSSR count). The van der Waals surface area contributed by atoms with Gasteiger partial charge in [0.05, 0.1) is 6.42 Å². The van der Waals surface area contributed by atoms with Gasteiger partial charge in [-0.2, -0.15) is 0 Å². The third kappa shape index (κ3) is 4.60. The Morgan fingerprint density at radius 2 is 2.00 bits per heavy atom. The largest absolute Gasteiger partial charge is 0.341 e. The van der Waals surface area contributed by atoms with Crippen LogP contribution < -0.4 is 0 Å². The molecule has 1 amide bonds. The minimum Gasteiger partial charge on any atom is -0.341 e. The molecule has 0 bridgehead atoms. The molecule has 0 aliphatic carbocycles. The lowest BCUT2D eigenvalue weighted by atomic mass is 10.2. The second-order valence-electron chi connectivity index (χ2n) is 5.87. The maximum absolute atomic E-state index is 12.4. The highest BCUT2D eigenvalue weighted by atomic mass is 16.2. The average Bonchev–Trinajstić information content (AvgIpc) is 2.82. The van der Waals surface area contributed by atoms with Crippen molar-refractivity contribution in [3.8, 4) is 0 Å². The SMILES string of the molecule is O=C(Cc1ccccn1)N1CCCN(Cc2cccnc2)CC1. The second kappa shape index (κ2) is 7.83. The smallest absolute Gasteiger partial charge is 0.228 e. The van der Waals surface area contributed by atoms with Crippen molar-refractivity contribution in [2.75, 3.05) is 26.2 Å². The van der Waals surface area contributed by atoms with Crippen LogP contribution in [0.4, 0.5) is 0 Å². The van der Waals surface area contributed by atoms with E-state index >= 15 is 0 Å². The molecule has 0 unspecified atom stereocenters. The average molecular weight is 310 g/mol. The molecule has 2 aromatic rings. The van der Waals surface area contributed by atoms with Gasteiger partial charge in [-0.15, -0.1) is 0 Å². The Morgan fingerprint density at radius 3 is 2.78 bits per heavy atom. The van der Waals surface area contributed by atoms with Crippen LogP contribution >= 0.6 is 0 Å². The summed E-state index contributed by atoms with van der Waals surface area (Å²) in [4.78, 5) is 25.2. The van der Waals surface area contributed by atoms with Gasteiger partial charge in [-0.05, 0) is 30.2 Å². The number of hydrogen-bond acceptors (Lipinski definition) is 4. The van der Waals surface area contributed by atoms with Crippen molar-refractivity contribution in [2.24, 2.45) is 0 Å².